The summed E-state index contributed by atoms with van der Waals surface area (Å²) in [5.41, 5.74) is 3.71. The molecule has 3 rings (SSSR count). The Kier molecular flexibility index (Phi) is 5.08. The summed E-state index contributed by atoms with van der Waals surface area (Å²) in [5, 5.41) is 13.7. The second-order valence-corrected chi connectivity index (χ2v) is 5.58. The summed E-state index contributed by atoms with van der Waals surface area (Å²) in [6.45, 7) is 0.662. The van der Waals surface area contributed by atoms with Gasteiger partial charge in [-0.25, -0.2) is 0 Å². The van der Waals surface area contributed by atoms with E-state index in [9.17, 15) is 5.11 Å². The van der Waals surface area contributed by atoms with Crippen molar-refractivity contribution < 1.29 is 9.84 Å². The van der Waals surface area contributed by atoms with Crippen LogP contribution >= 0.6 is 0 Å². The van der Waals surface area contributed by atoms with Gasteiger partial charge < -0.3 is 14.8 Å². The molecule has 0 radical (unpaired) electrons. The summed E-state index contributed by atoms with van der Waals surface area (Å²) in [4.78, 5) is 3.27. The third-order valence-corrected chi connectivity index (χ3v) is 4.18. The number of rotatable bonds is 7. The normalized spacial score (nSPS) is 14.0. The number of ether oxygens (including phenoxy) is 1. The minimum atomic E-state index is -0.922. The number of hydrogen-bond acceptors (Lipinski definition) is 3. The van der Waals surface area contributed by atoms with Crippen molar-refractivity contribution in [2.45, 2.75) is 18.8 Å². The molecule has 0 aliphatic heterocycles. The van der Waals surface area contributed by atoms with Gasteiger partial charge in [-0.1, -0.05) is 42.5 Å². The fraction of sp³-hybridized carbons (Fsp3) is 0.263. The average Bonchev–Trinajstić information content (AvgIpc) is 3.08. The number of aliphatic hydroxyl groups excluding tert-OH is 1. The molecule has 0 spiro atoms. The zero-order valence-corrected chi connectivity index (χ0v) is 13.2. The zero-order chi connectivity index (χ0) is 16.1. The lowest BCUT2D eigenvalue weighted by Crippen LogP contribution is -2.31. The van der Waals surface area contributed by atoms with Crippen molar-refractivity contribution >= 4 is 10.9 Å². The number of H-pyrrole nitrogens is 1. The Morgan fingerprint density at radius 1 is 1.09 bits per heavy atom. The van der Waals surface area contributed by atoms with Crippen molar-refractivity contribution in [3.05, 3.63) is 71.9 Å². The van der Waals surface area contributed by atoms with Crippen molar-refractivity contribution in [3.63, 3.8) is 0 Å². The molecule has 3 N–H and O–H groups in total. The van der Waals surface area contributed by atoms with Gasteiger partial charge in [0, 0.05) is 36.7 Å². The fourth-order valence-electron chi connectivity index (χ4n) is 3.04. The van der Waals surface area contributed by atoms with Crippen molar-refractivity contribution in [1.29, 1.82) is 0 Å². The summed E-state index contributed by atoms with van der Waals surface area (Å²) in [6.07, 6.45) is 1.92. The molecule has 0 aliphatic carbocycles. The number of hydrogen-bond donors (Lipinski definition) is 3. The third-order valence-electron chi connectivity index (χ3n) is 4.18. The Labute approximate surface area is 136 Å². The van der Waals surface area contributed by atoms with Gasteiger partial charge in [0.2, 0.25) is 6.41 Å². The Morgan fingerprint density at radius 2 is 1.91 bits per heavy atom. The second kappa shape index (κ2) is 7.42. The van der Waals surface area contributed by atoms with Crippen LogP contribution in [0.1, 0.15) is 23.5 Å². The van der Waals surface area contributed by atoms with Crippen molar-refractivity contribution in [1.82, 2.24) is 10.3 Å². The van der Waals surface area contributed by atoms with Gasteiger partial charge in [-0.05, 0) is 29.7 Å². The van der Waals surface area contributed by atoms with Crippen LogP contribution in [0.2, 0.25) is 0 Å². The van der Waals surface area contributed by atoms with E-state index >= 15 is 0 Å². The number of methoxy groups -OCH3 is 1. The highest BCUT2D eigenvalue weighted by atomic mass is 16.6. The summed E-state index contributed by atoms with van der Waals surface area (Å²) in [7, 11) is 1.48. The maximum absolute atomic E-state index is 9.51. The molecule has 4 heteroatoms. The first-order valence-corrected chi connectivity index (χ1v) is 7.85. The number of aromatic amines is 1. The number of aromatic nitrogens is 1. The number of nitrogens with one attached hydrogen (secondary N) is 2. The maximum Gasteiger partial charge on any atom is 0.213 e. The van der Waals surface area contributed by atoms with E-state index in [-0.39, 0.29) is 5.92 Å². The third kappa shape index (κ3) is 3.62. The predicted octanol–water partition coefficient (Wildman–Crippen LogP) is 3.20. The first kappa shape index (κ1) is 15.7. The van der Waals surface area contributed by atoms with Gasteiger partial charge in [-0.3, -0.25) is 5.32 Å². The Bertz CT molecular complexity index is 739. The Balaban J connectivity index is 1.90. The van der Waals surface area contributed by atoms with Crippen molar-refractivity contribution in [3.8, 4) is 0 Å². The molecule has 0 saturated carbocycles. The van der Waals surface area contributed by atoms with Gasteiger partial charge in [0.1, 0.15) is 0 Å². The smallest absolute Gasteiger partial charge is 0.213 e. The summed E-state index contributed by atoms with van der Waals surface area (Å²) in [5.74, 6) is 0.257. The number of aliphatic hydroxyl groups is 1. The average molecular weight is 310 g/mol. The molecular formula is C19H22N2O2. The van der Waals surface area contributed by atoms with Crippen molar-refractivity contribution in [2.24, 2.45) is 0 Å². The van der Waals surface area contributed by atoms with E-state index in [1.165, 1.54) is 23.6 Å². The molecule has 2 aromatic carbocycles. The predicted molar refractivity (Wildman–Crippen MR) is 92.2 cm³/mol. The first-order chi connectivity index (χ1) is 11.3. The monoisotopic (exact) mass is 310 g/mol. The lowest BCUT2D eigenvalue weighted by atomic mass is 9.86. The first-order valence-electron chi connectivity index (χ1n) is 7.85. The standard InChI is InChI=1S/C19H22N2O2/c1-23-19(22)21-13-10-15(14-6-3-2-4-7-14)16-8-5-9-18-17(16)11-12-20-18/h2-9,11-12,15,19-22H,10,13H2,1H3. The summed E-state index contributed by atoms with van der Waals surface area (Å²) >= 11 is 0. The van der Waals surface area contributed by atoms with E-state index in [0.29, 0.717) is 6.54 Å². The lowest BCUT2D eigenvalue weighted by Gasteiger charge is -2.20. The van der Waals surface area contributed by atoms with E-state index in [2.05, 4.69) is 58.8 Å². The van der Waals surface area contributed by atoms with Gasteiger partial charge in [0.15, 0.2) is 0 Å². The number of benzene rings is 2. The summed E-state index contributed by atoms with van der Waals surface area (Å²) < 4.78 is 4.84. The van der Waals surface area contributed by atoms with Crippen LogP contribution < -0.4 is 5.32 Å². The van der Waals surface area contributed by atoms with Gasteiger partial charge in [0.05, 0.1) is 0 Å². The van der Waals surface area contributed by atoms with Crippen LogP contribution in [0.15, 0.2) is 60.8 Å². The van der Waals surface area contributed by atoms with Gasteiger partial charge in [0.25, 0.3) is 0 Å². The molecule has 120 valence electrons. The molecule has 0 fully saturated rings. The summed E-state index contributed by atoms with van der Waals surface area (Å²) in [6, 6.07) is 19.0. The van der Waals surface area contributed by atoms with Crippen LogP contribution in [0, 0.1) is 0 Å². The van der Waals surface area contributed by atoms with E-state index in [1.807, 2.05) is 12.3 Å². The topological polar surface area (TPSA) is 57.3 Å². The van der Waals surface area contributed by atoms with Crippen molar-refractivity contribution in [2.75, 3.05) is 13.7 Å². The fourth-order valence-corrected chi connectivity index (χ4v) is 3.04. The van der Waals surface area contributed by atoms with Gasteiger partial charge in [-0.15, -0.1) is 0 Å². The molecule has 3 aromatic rings. The highest BCUT2D eigenvalue weighted by Gasteiger charge is 2.17. The molecule has 0 bridgehead atoms. The molecule has 1 heterocycles. The van der Waals surface area contributed by atoms with E-state index in [4.69, 9.17) is 4.74 Å². The van der Waals surface area contributed by atoms with Crippen LogP contribution in [0.25, 0.3) is 10.9 Å². The minimum Gasteiger partial charge on any atom is -0.361 e. The van der Waals surface area contributed by atoms with Gasteiger partial charge in [-0.2, -0.15) is 0 Å². The molecule has 0 aliphatic rings. The Morgan fingerprint density at radius 3 is 2.70 bits per heavy atom. The van der Waals surface area contributed by atoms with Gasteiger partial charge >= 0.3 is 0 Å². The second-order valence-electron chi connectivity index (χ2n) is 5.58. The SMILES string of the molecule is COC(O)NCCC(c1ccccc1)c1cccc2[nH]ccc12. The molecule has 2 atom stereocenters. The minimum absolute atomic E-state index is 0.257. The molecular weight excluding hydrogens is 288 g/mol. The largest absolute Gasteiger partial charge is 0.361 e. The van der Waals surface area contributed by atoms with Crippen LogP contribution in [0.4, 0.5) is 0 Å². The van der Waals surface area contributed by atoms with E-state index in [0.717, 1.165) is 11.9 Å². The molecule has 1 aromatic heterocycles. The van der Waals surface area contributed by atoms with E-state index in [1.54, 1.807) is 0 Å². The highest BCUT2D eigenvalue weighted by Crippen LogP contribution is 2.32. The van der Waals surface area contributed by atoms with E-state index < -0.39 is 6.41 Å². The maximum atomic E-state index is 9.51. The molecule has 0 amide bonds. The van der Waals surface area contributed by atoms with Crippen LogP contribution in [0.5, 0.6) is 0 Å². The lowest BCUT2D eigenvalue weighted by molar-refractivity contribution is -0.0964. The quantitative estimate of drug-likeness (QED) is 0.587. The molecule has 2 unspecified atom stereocenters. The van der Waals surface area contributed by atoms with Crippen LogP contribution in [0.3, 0.4) is 0 Å². The molecule has 0 saturated heterocycles. The van der Waals surface area contributed by atoms with Crippen LogP contribution in [-0.4, -0.2) is 30.2 Å². The molecule has 23 heavy (non-hydrogen) atoms. The Hall–Kier alpha value is -2.14. The zero-order valence-electron chi connectivity index (χ0n) is 13.2. The number of fused-ring (bicyclic) bond motifs is 1. The van der Waals surface area contributed by atoms with Crippen LogP contribution in [-0.2, 0) is 4.74 Å². The highest BCUT2D eigenvalue weighted by molar-refractivity contribution is 5.83. The molecule has 4 nitrogen and oxygen atoms in total.